The summed E-state index contributed by atoms with van der Waals surface area (Å²) in [6, 6.07) is 7.78. The van der Waals surface area contributed by atoms with E-state index in [1.54, 1.807) is 7.11 Å². The maximum Gasteiger partial charge on any atom is 0.143 e. The predicted molar refractivity (Wildman–Crippen MR) is 77.4 cm³/mol. The van der Waals surface area contributed by atoms with Crippen molar-refractivity contribution >= 4 is 5.69 Å². The van der Waals surface area contributed by atoms with E-state index in [0.29, 0.717) is 5.56 Å². The number of nitrogens with one attached hydrogen (secondary N) is 1. The topological polar surface area (TPSA) is 45.0 Å². The number of rotatable bonds is 5. The molecule has 1 N–H and O–H groups in total. The molecule has 3 nitrogen and oxygen atoms in total. The van der Waals surface area contributed by atoms with Crippen molar-refractivity contribution in [3.8, 4) is 11.8 Å². The number of benzene rings is 1. The summed E-state index contributed by atoms with van der Waals surface area (Å²) < 4.78 is 5.32. The van der Waals surface area contributed by atoms with Crippen LogP contribution < -0.4 is 10.1 Å². The van der Waals surface area contributed by atoms with Gasteiger partial charge in [-0.2, -0.15) is 5.26 Å². The van der Waals surface area contributed by atoms with Crippen molar-refractivity contribution in [3.63, 3.8) is 0 Å². The molecule has 0 spiro atoms. The molecule has 0 saturated heterocycles. The van der Waals surface area contributed by atoms with Crippen LogP contribution in [0.5, 0.6) is 5.75 Å². The molecule has 1 aliphatic carbocycles. The first kappa shape index (κ1) is 13.7. The monoisotopic (exact) mass is 258 g/mol. The molecular weight excluding hydrogens is 236 g/mol. The van der Waals surface area contributed by atoms with E-state index in [1.807, 2.05) is 18.2 Å². The first-order valence-corrected chi connectivity index (χ1v) is 7.16. The molecule has 0 amide bonds. The summed E-state index contributed by atoms with van der Waals surface area (Å²) in [7, 11) is 1.64. The molecule has 0 aromatic heterocycles. The molecule has 1 aromatic carbocycles. The average molecular weight is 258 g/mol. The molecule has 102 valence electrons. The first-order chi connectivity index (χ1) is 9.35. The Hall–Kier alpha value is -1.69. The van der Waals surface area contributed by atoms with Crippen LogP contribution >= 0.6 is 0 Å². The Morgan fingerprint density at radius 1 is 1.32 bits per heavy atom. The van der Waals surface area contributed by atoms with E-state index in [9.17, 15) is 0 Å². The zero-order chi connectivity index (χ0) is 13.5. The average Bonchev–Trinajstić information content (AvgIpc) is 2.48. The molecule has 0 heterocycles. The van der Waals surface area contributed by atoms with Gasteiger partial charge in [-0.15, -0.1) is 0 Å². The Bertz CT molecular complexity index is 445. The molecule has 3 heteroatoms. The van der Waals surface area contributed by atoms with Gasteiger partial charge in [0.05, 0.1) is 18.4 Å². The lowest BCUT2D eigenvalue weighted by atomic mass is 9.87. The number of anilines is 1. The van der Waals surface area contributed by atoms with E-state index in [2.05, 4.69) is 11.4 Å². The first-order valence-electron chi connectivity index (χ1n) is 7.16. The number of nitrogens with zero attached hydrogens (tertiary/aromatic N) is 1. The van der Waals surface area contributed by atoms with Crippen LogP contribution in [0.25, 0.3) is 0 Å². The van der Waals surface area contributed by atoms with Gasteiger partial charge in [-0.3, -0.25) is 0 Å². The van der Waals surface area contributed by atoms with Crippen molar-refractivity contribution in [2.75, 3.05) is 19.0 Å². The van der Waals surface area contributed by atoms with Crippen LogP contribution in [-0.2, 0) is 0 Å². The highest BCUT2D eigenvalue weighted by atomic mass is 16.5. The second kappa shape index (κ2) is 7.04. The van der Waals surface area contributed by atoms with Gasteiger partial charge in [-0.1, -0.05) is 38.2 Å². The molecule has 19 heavy (non-hydrogen) atoms. The van der Waals surface area contributed by atoms with Gasteiger partial charge in [0, 0.05) is 6.54 Å². The number of para-hydroxylation sites is 1. The van der Waals surface area contributed by atoms with E-state index in [4.69, 9.17) is 10.00 Å². The van der Waals surface area contributed by atoms with Crippen LogP contribution in [0.2, 0.25) is 0 Å². The molecule has 0 radical (unpaired) electrons. The highest BCUT2D eigenvalue weighted by Crippen LogP contribution is 2.29. The van der Waals surface area contributed by atoms with Crippen molar-refractivity contribution in [1.29, 1.82) is 5.26 Å². The van der Waals surface area contributed by atoms with Gasteiger partial charge >= 0.3 is 0 Å². The van der Waals surface area contributed by atoms with Crippen LogP contribution in [0.3, 0.4) is 0 Å². The largest absolute Gasteiger partial charge is 0.495 e. The third-order valence-corrected chi connectivity index (χ3v) is 3.95. The summed E-state index contributed by atoms with van der Waals surface area (Å²) in [6.45, 7) is 0.916. The van der Waals surface area contributed by atoms with Gasteiger partial charge in [-0.05, 0) is 24.5 Å². The second-order valence-corrected chi connectivity index (χ2v) is 5.21. The van der Waals surface area contributed by atoms with E-state index in [0.717, 1.165) is 23.9 Å². The van der Waals surface area contributed by atoms with Gasteiger partial charge in [0.1, 0.15) is 11.8 Å². The number of hydrogen-bond acceptors (Lipinski definition) is 3. The number of hydrogen-bond donors (Lipinski definition) is 1. The molecule has 1 fully saturated rings. The lowest BCUT2D eigenvalue weighted by molar-refractivity contribution is 0.345. The van der Waals surface area contributed by atoms with Crippen molar-refractivity contribution < 1.29 is 4.74 Å². The van der Waals surface area contributed by atoms with Crippen LogP contribution in [0.4, 0.5) is 5.69 Å². The molecule has 0 unspecified atom stereocenters. The normalized spacial score (nSPS) is 15.8. The standard InChI is InChI=1S/C16H22N2O/c1-19-15-9-5-8-14(12-17)16(15)18-11-10-13-6-3-2-4-7-13/h5,8-9,13,18H,2-4,6-7,10-11H2,1H3. The third-order valence-electron chi connectivity index (χ3n) is 3.95. The number of nitriles is 1. The summed E-state index contributed by atoms with van der Waals surface area (Å²) in [6.07, 6.45) is 8.06. The molecule has 0 atom stereocenters. The molecule has 0 aliphatic heterocycles. The zero-order valence-corrected chi connectivity index (χ0v) is 11.6. The Morgan fingerprint density at radius 3 is 2.79 bits per heavy atom. The summed E-state index contributed by atoms with van der Waals surface area (Å²) >= 11 is 0. The third kappa shape index (κ3) is 3.64. The highest BCUT2D eigenvalue weighted by molar-refractivity contribution is 5.66. The van der Waals surface area contributed by atoms with E-state index in [-0.39, 0.29) is 0 Å². The minimum absolute atomic E-state index is 0.656. The number of ether oxygens (including phenoxy) is 1. The quantitative estimate of drug-likeness (QED) is 0.869. The molecular formula is C16H22N2O. The van der Waals surface area contributed by atoms with Crippen molar-refractivity contribution in [2.24, 2.45) is 5.92 Å². The fourth-order valence-corrected chi connectivity index (χ4v) is 2.85. The van der Waals surface area contributed by atoms with E-state index < -0.39 is 0 Å². The second-order valence-electron chi connectivity index (χ2n) is 5.21. The fourth-order valence-electron chi connectivity index (χ4n) is 2.85. The van der Waals surface area contributed by atoms with Crippen molar-refractivity contribution in [3.05, 3.63) is 23.8 Å². The van der Waals surface area contributed by atoms with Gasteiger partial charge in [0.15, 0.2) is 0 Å². The Balaban J connectivity index is 1.93. The van der Waals surface area contributed by atoms with Crippen molar-refractivity contribution in [2.45, 2.75) is 38.5 Å². The van der Waals surface area contributed by atoms with Gasteiger partial charge in [0.2, 0.25) is 0 Å². The van der Waals surface area contributed by atoms with Gasteiger partial charge in [0.25, 0.3) is 0 Å². The Morgan fingerprint density at radius 2 is 2.11 bits per heavy atom. The number of methoxy groups -OCH3 is 1. The predicted octanol–water partition coefficient (Wildman–Crippen LogP) is 3.95. The molecule has 1 saturated carbocycles. The van der Waals surface area contributed by atoms with Crippen LogP contribution in [0.1, 0.15) is 44.1 Å². The van der Waals surface area contributed by atoms with E-state index in [1.165, 1.54) is 38.5 Å². The van der Waals surface area contributed by atoms with Crippen molar-refractivity contribution in [1.82, 2.24) is 0 Å². The Kier molecular flexibility index (Phi) is 5.09. The molecule has 0 bridgehead atoms. The van der Waals surface area contributed by atoms with E-state index >= 15 is 0 Å². The minimum atomic E-state index is 0.656. The van der Waals surface area contributed by atoms with Gasteiger partial charge < -0.3 is 10.1 Å². The van der Waals surface area contributed by atoms with Crippen LogP contribution in [-0.4, -0.2) is 13.7 Å². The SMILES string of the molecule is COc1cccc(C#N)c1NCCC1CCCCC1. The maximum absolute atomic E-state index is 9.14. The lowest BCUT2D eigenvalue weighted by Crippen LogP contribution is -2.13. The fraction of sp³-hybridized carbons (Fsp3) is 0.562. The summed E-state index contributed by atoms with van der Waals surface area (Å²) in [5.41, 5.74) is 1.49. The van der Waals surface area contributed by atoms with Gasteiger partial charge in [-0.25, -0.2) is 0 Å². The van der Waals surface area contributed by atoms with Crippen LogP contribution in [0.15, 0.2) is 18.2 Å². The highest BCUT2D eigenvalue weighted by Gasteiger charge is 2.14. The Labute approximate surface area is 115 Å². The van der Waals surface area contributed by atoms with Crippen LogP contribution in [0, 0.1) is 17.2 Å². The summed E-state index contributed by atoms with van der Waals surface area (Å²) in [5.74, 6) is 1.60. The molecule has 1 aromatic rings. The zero-order valence-electron chi connectivity index (χ0n) is 11.6. The summed E-state index contributed by atoms with van der Waals surface area (Å²) in [5, 5.41) is 12.5. The summed E-state index contributed by atoms with van der Waals surface area (Å²) in [4.78, 5) is 0. The minimum Gasteiger partial charge on any atom is -0.495 e. The smallest absolute Gasteiger partial charge is 0.143 e. The molecule has 1 aliphatic rings. The molecule has 2 rings (SSSR count). The lowest BCUT2D eigenvalue weighted by Gasteiger charge is -2.22. The maximum atomic E-state index is 9.14.